The summed E-state index contributed by atoms with van der Waals surface area (Å²) >= 11 is 0. The molecule has 0 aromatic carbocycles. The van der Waals surface area contributed by atoms with Gasteiger partial charge in [-0.1, -0.05) is 20.8 Å². The molecule has 1 aromatic heterocycles. The lowest BCUT2D eigenvalue weighted by molar-refractivity contribution is 0.821. The maximum atomic E-state index is 5.76. The van der Waals surface area contributed by atoms with Crippen molar-refractivity contribution >= 4 is 5.82 Å². The molecular weight excluding hydrogens is 152 g/mol. The molecule has 0 spiro atoms. The largest absolute Gasteiger partial charge is 0.382 e. The molecule has 0 saturated heterocycles. The summed E-state index contributed by atoms with van der Waals surface area (Å²) in [6.45, 7) is 6.12. The number of imidazole rings is 1. The Bertz CT molecular complexity index is 275. The first-order valence-corrected chi connectivity index (χ1v) is 4.20. The number of rotatable bonds is 2. The number of nitrogens with two attached hydrogens (primary N) is 2. The van der Waals surface area contributed by atoms with Gasteiger partial charge in [0.25, 0.3) is 0 Å². The highest BCUT2D eigenvalue weighted by molar-refractivity contribution is 5.40. The van der Waals surface area contributed by atoms with Crippen LogP contribution in [0.1, 0.15) is 38.2 Å². The van der Waals surface area contributed by atoms with E-state index in [9.17, 15) is 0 Å². The fourth-order valence-corrected chi connectivity index (χ4v) is 1.19. The third-order valence-corrected chi connectivity index (χ3v) is 1.91. The topological polar surface area (TPSA) is 69.9 Å². The highest BCUT2D eigenvalue weighted by atomic mass is 15.4. The average molecular weight is 168 g/mol. The van der Waals surface area contributed by atoms with Crippen molar-refractivity contribution in [1.29, 1.82) is 0 Å². The summed E-state index contributed by atoms with van der Waals surface area (Å²) in [5.41, 5.74) is 6.65. The third kappa shape index (κ3) is 1.24. The molecule has 1 aromatic rings. The minimum Gasteiger partial charge on any atom is -0.382 e. The molecule has 68 valence electrons. The van der Waals surface area contributed by atoms with Crippen molar-refractivity contribution in [2.24, 2.45) is 0 Å². The van der Waals surface area contributed by atoms with Crippen LogP contribution in [0.25, 0.3) is 0 Å². The third-order valence-electron chi connectivity index (χ3n) is 1.91. The number of nitrogen functional groups attached to an aromatic ring is 2. The van der Waals surface area contributed by atoms with E-state index in [4.69, 9.17) is 11.6 Å². The standard InChI is InChI=1S/C8H16N4/c1-4-6-11-7(5(2)3)8(9)12(6)10/h5H,4,9-10H2,1-3H3. The molecule has 0 aliphatic heterocycles. The van der Waals surface area contributed by atoms with Crippen LogP contribution in [0, 0.1) is 0 Å². The molecule has 0 amide bonds. The Kier molecular flexibility index (Phi) is 2.26. The number of anilines is 1. The molecular formula is C8H16N4. The molecule has 0 atom stereocenters. The number of nitrogens with zero attached hydrogens (tertiary/aromatic N) is 2. The van der Waals surface area contributed by atoms with Gasteiger partial charge in [-0.15, -0.1) is 0 Å². The Morgan fingerprint density at radius 2 is 2.08 bits per heavy atom. The van der Waals surface area contributed by atoms with Crippen molar-refractivity contribution in [2.45, 2.75) is 33.1 Å². The van der Waals surface area contributed by atoms with Crippen molar-refractivity contribution in [3.05, 3.63) is 11.5 Å². The van der Waals surface area contributed by atoms with Gasteiger partial charge in [0.2, 0.25) is 0 Å². The Morgan fingerprint density at radius 3 is 2.33 bits per heavy atom. The molecule has 0 bridgehead atoms. The zero-order valence-electron chi connectivity index (χ0n) is 7.83. The van der Waals surface area contributed by atoms with Gasteiger partial charge in [-0.05, 0) is 5.92 Å². The molecule has 1 heterocycles. The molecule has 12 heavy (non-hydrogen) atoms. The second-order valence-corrected chi connectivity index (χ2v) is 3.18. The predicted octanol–water partition coefficient (Wildman–Crippen LogP) is 0.865. The van der Waals surface area contributed by atoms with E-state index in [-0.39, 0.29) is 0 Å². The number of hydrogen-bond donors (Lipinski definition) is 2. The van der Waals surface area contributed by atoms with Crippen molar-refractivity contribution in [2.75, 3.05) is 11.6 Å². The zero-order chi connectivity index (χ0) is 9.30. The fourth-order valence-electron chi connectivity index (χ4n) is 1.19. The molecule has 0 fully saturated rings. The Balaban J connectivity index is 3.16. The highest BCUT2D eigenvalue weighted by Gasteiger charge is 2.13. The number of hydrogen-bond acceptors (Lipinski definition) is 3. The predicted molar refractivity (Wildman–Crippen MR) is 50.3 cm³/mol. The smallest absolute Gasteiger partial charge is 0.146 e. The number of aryl methyl sites for hydroxylation is 1. The van der Waals surface area contributed by atoms with Crippen molar-refractivity contribution in [3.63, 3.8) is 0 Å². The first-order valence-electron chi connectivity index (χ1n) is 4.20. The van der Waals surface area contributed by atoms with Crippen LogP contribution >= 0.6 is 0 Å². The van der Waals surface area contributed by atoms with Crippen LogP contribution in [0.15, 0.2) is 0 Å². The van der Waals surface area contributed by atoms with E-state index in [1.807, 2.05) is 6.92 Å². The molecule has 1 rings (SSSR count). The summed E-state index contributed by atoms with van der Waals surface area (Å²) in [5, 5.41) is 0. The van der Waals surface area contributed by atoms with Crippen LogP contribution in [-0.2, 0) is 6.42 Å². The van der Waals surface area contributed by atoms with E-state index in [1.165, 1.54) is 4.68 Å². The molecule has 0 unspecified atom stereocenters. The van der Waals surface area contributed by atoms with Crippen LogP contribution in [0.3, 0.4) is 0 Å². The van der Waals surface area contributed by atoms with E-state index < -0.39 is 0 Å². The molecule has 0 radical (unpaired) electrons. The lowest BCUT2D eigenvalue weighted by Gasteiger charge is -2.01. The van der Waals surface area contributed by atoms with Gasteiger partial charge in [0, 0.05) is 6.42 Å². The maximum Gasteiger partial charge on any atom is 0.146 e. The lowest BCUT2D eigenvalue weighted by atomic mass is 10.1. The summed E-state index contributed by atoms with van der Waals surface area (Å²) < 4.78 is 1.47. The first-order chi connectivity index (χ1) is 5.57. The Morgan fingerprint density at radius 1 is 1.50 bits per heavy atom. The monoisotopic (exact) mass is 168 g/mol. The van der Waals surface area contributed by atoms with Crippen LogP contribution in [0.4, 0.5) is 5.82 Å². The van der Waals surface area contributed by atoms with Gasteiger partial charge in [0.1, 0.15) is 11.6 Å². The normalized spacial score (nSPS) is 11.0. The fraction of sp³-hybridized carbons (Fsp3) is 0.625. The van der Waals surface area contributed by atoms with E-state index in [0.29, 0.717) is 11.7 Å². The molecule has 4 nitrogen and oxygen atoms in total. The van der Waals surface area contributed by atoms with E-state index >= 15 is 0 Å². The van der Waals surface area contributed by atoms with E-state index in [0.717, 1.165) is 17.9 Å². The molecule has 0 aliphatic rings. The van der Waals surface area contributed by atoms with Gasteiger partial charge in [0.15, 0.2) is 0 Å². The summed E-state index contributed by atoms with van der Waals surface area (Å²) in [4.78, 5) is 4.34. The summed E-state index contributed by atoms with van der Waals surface area (Å²) in [6, 6.07) is 0. The van der Waals surface area contributed by atoms with Gasteiger partial charge in [0.05, 0.1) is 5.69 Å². The lowest BCUT2D eigenvalue weighted by Crippen LogP contribution is -2.15. The maximum absolute atomic E-state index is 5.76. The van der Waals surface area contributed by atoms with Crippen LogP contribution in [0.2, 0.25) is 0 Å². The van der Waals surface area contributed by atoms with Crippen LogP contribution in [-0.4, -0.2) is 9.66 Å². The van der Waals surface area contributed by atoms with Crippen molar-refractivity contribution in [1.82, 2.24) is 9.66 Å². The zero-order valence-corrected chi connectivity index (χ0v) is 7.83. The molecule has 0 saturated carbocycles. The van der Waals surface area contributed by atoms with Crippen molar-refractivity contribution < 1.29 is 0 Å². The van der Waals surface area contributed by atoms with Crippen LogP contribution in [0.5, 0.6) is 0 Å². The van der Waals surface area contributed by atoms with Gasteiger partial charge >= 0.3 is 0 Å². The first kappa shape index (κ1) is 8.90. The Labute approximate surface area is 72.5 Å². The number of aromatic nitrogens is 2. The van der Waals surface area contributed by atoms with Gasteiger partial charge in [-0.2, -0.15) is 0 Å². The van der Waals surface area contributed by atoms with E-state index in [2.05, 4.69) is 18.8 Å². The SMILES string of the molecule is CCc1nc(C(C)C)c(N)n1N. The molecule has 0 aliphatic carbocycles. The summed E-state index contributed by atoms with van der Waals surface area (Å²) in [5.74, 6) is 7.44. The quantitative estimate of drug-likeness (QED) is 0.643. The summed E-state index contributed by atoms with van der Waals surface area (Å²) in [7, 11) is 0. The average Bonchev–Trinajstić information content (AvgIpc) is 2.30. The van der Waals surface area contributed by atoms with E-state index in [1.54, 1.807) is 0 Å². The summed E-state index contributed by atoms with van der Waals surface area (Å²) in [6.07, 6.45) is 0.813. The second kappa shape index (κ2) is 3.05. The molecule has 4 heteroatoms. The van der Waals surface area contributed by atoms with Gasteiger partial charge in [-0.3, -0.25) is 0 Å². The highest BCUT2D eigenvalue weighted by Crippen LogP contribution is 2.20. The van der Waals surface area contributed by atoms with Gasteiger partial charge in [-0.25, -0.2) is 9.66 Å². The van der Waals surface area contributed by atoms with Crippen LogP contribution < -0.4 is 11.6 Å². The van der Waals surface area contributed by atoms with Crippen molar-refractivity contribution in [3.8, 4) is 0 Å². The minimum absolute atomic E-state index is 0.333. The van der Waals surface area contributed by atoms with Gasteiger partial charge < -0.3 is 11.6 Å². The molecule has 4 N–H and O–H groups in total. The Hall–Kier alpha value is -1.19. The minimum atomic E-state index is 0.333. The second-order valence-electron chi connectivity index (χ2n) is 3.18.